The van der Waals surface area contributed by atoms with Crippen LogP contribution >= 0.6 is 0 Å². The highest BCUT2D eigenvalue weighted by molar-refractivity contribution is 5.94. The molecular weight excluding hydrogens is 392 g/mol. The van der Waals surface area contributed by atoms with Crippen LogP contribution in [-0.2, 0) is 13.2 Å². The Labute approximate surface area is 182 Å². The molecular formula is C24H28N4O3. The Morgan fingerprint density at radius 1 is 0.935 bits per heavy atom. The van der Waals surface area contributed by atoms with E-state index in [0.29, 0.717) is 37.8 Å². The highest BCUT2D eigenvalue weighted by Crippen LogP contribution is 2.29. The second kappa shape index (κ2) is 11.4. The summed E-state index contributed by atoms with van der Waals surface area (Å²) in [6.45, 7) is 5.82. The number of rotatable bonds is 10. The van der Waals surface area contributed by atoms with Gasteiger partial charge < -0.3 is 25.3 Å². The van der Waals surface area contributed by atoms with E-state index in [0.717, 1.165) is 22.8 Å². The zero-order valence-corrected chi connectivity index (χ0v) is 17.9. The fraction of sp³-hybridized carbons (Fsp3) is 0.250. The van der Waals surface area contributed by atoms with Crippen molar-refractivity contribution in [3.05, 3.63) is 78.1 Å². The number of aliphatic imine (C=N–C) groups is 1. The van der Waals surface area contributed by atoms with Gasteiger partial charge >= 0.3 is 0 Å². The number of guanidine groups is 1. The fourth-order valence-electron chi connectivity index (χ4n) is 2.87. The molecule has 0 bridgehead atoms. The molecule has 0 fully saturated rings. The monoisotopic (exact) mass is 420 g/mol. The summed E-state index contributed by atoms with van der Waals surface area (Å²) in [5, 5.41) is 3.11. The Kier molecular flexibility index (Phi) is 8.11. The number of aromatic nitrogens is 1. The van der Waals surface area contributed by atoms with E-state index >= 15 is 0 Å². The number of anilines is 1. The summed E-state index contributed by atoms with van der Waals surface area (Å²) in [6.07, 6.45) is 1.75. The van der Waals surface area contributed by atoms with Crippen molar-refractivity contribution in [2.24, 2.45) is 10.7 Å². The van der Waals surface area contributed by atoms with Gasteiger partial charge in [-0.25, -0.2) is 4.99 Å². The molecule has 31 heavy (non-hydrogen) atoms. The summed E-state index contributed by atoms with van der Waals surface area (Å²) in [7, 11) is 0. The van der Waals surface area contributed by atoms with E-state index in [1.807, 2.05) is 74.5 Å². The zero-order valence-electron chi connectivity index (χ0n) is 17.9. The molecule has 7 nitrogen and oxygen atoms in total. The van der Waals surface area contributed by atoms with Crippen LogP contribution in [0, 0.1) is 0 Å². The molecule has 7 heteroatoms. The third-order valence-electron chi connectivity index (χ3n) is 4.27. The Hall–Kier alpha value is -3.74. The highest BCUT2D eigenvalue weighted by atomic mass is 16.5. The van der Waals surface area contributed by atoms with Crippen LogP contribution in [0.1, 0.15) is 25.1 Å². The maximum Gasteiger partial charge on any atom is 0.193 e. The van der Waals surface area contributed by atoms with Gasteiger partial charge in [-0.1, -0.05) is 18.2 Å². The van der Waals surface area contributed by atoms with Crippen molar-refractivity contribution >= 4 is 11.6 Å². The molecule has 1 heterocycles. The molecule has 0 aliphatic rings. The molecule has 0 radical (unpaired) electrons. The van der Waals surface area contributed by atoms with Crippen molar-refractivity contribution in [2.45, 2.75) is 27.0 Å². The number of nitrogens with zero attached hydrogens (tertiary/aromatic N) is 2. The van der Waals surface area contributed by atoms with Crippen LogP contribution < -0.4 is 25.3 Å². The van der Waals surface area contributed by atoms with Gasteiger partial charge in [0, 0.05) is 12.3 Å². The number of hydrogen-bond donors (Lipinski definition) is 2. The molecule has 3 N–H and O–H groups in total. The lowest BCUT2D eigenvalue weighted by Crippen LogP contribution is -2.23. The lowest BCUT2D eigenvalue weighted by Gasteiger charge is -2.14. The topological polar surface area (TPSA) is 91.0 Å². The molecule has 1 aromatic heterocycles. The number of pyridine rings is 1. The van der Waals surface area contributed by atoms with E-state index in [-0.39, 0.29) is 5.96 Å². The third-order valence-corrected chi connectivity index (χ3v) is 4.27. The second-order valence-electron chi connectivity index (χ2n) is 6.61. The maximum atomic E-state index is 6.12. The Morgan fingerprint density at radius 2 is 1.77 bits per heavy atom. The molecule has 3 rings (SSSR count). The predicted molar refractivity (Wildman–Crippen MR) is 123 cm³/mol. The van der Waals surface area contributed by atoms with Crippen molar-refractivity contribution in [1.82, 2.24) is 4.98 Å². The molecule has 0 aliphatic heterocycles. The summed E-state index contributed by atoms with van der Waals surface area (Å²) < 4.78 is 17.1. The zero-order chi connectivity index (χ0) is 21.9. The van der Waals surface area contributed by atoms with Crippen LogP contribution in [0.5, 0.6) is 17.2 Å². The molecule has 0 saturated carbocycles. The van der Waals surface area contributed by atoms with Crippen LogP contribution in [0.15, 0.2) is 71.9 Å². The van der Waals surface area contributed by atoms with E-state index in [2.05, 4.69) is 15.3 Å². The van der Waals surface area contributed by atoms with Gasteiger partial charge in [0.25, 0.3) is 0 Å². The van der Waals surface area contributed by atoms with E-state index < -0.39 is 0 Å². The highest BCUT2D eigenvalue weighted by Gasteiger charge is 2.07. The molecule has 0 atom stereocenters. The van der Waals surface area contributed by atoms with Gasteiger partial charge in [-0.2, -0.15) is 0 Å². The predicted octanol–water partition coefficient (Wildman–Crippen LogP) is 4.38. The van der Waals surface area contributed by atoms with Crippen LogP contribution in [0.25, 0.3) is 0 Å². The minimum atomic E-state index is 0.286. The number of nitrogens with two attached hydrogens (primary N) is 1. The van der Waals surface area contributed by atoms with Crippen molar-refractivity contribution in [3.63, 3.8) is 0 Å². The number of hydrogen-bond acceptors (Lipinski definition) is 5. The second-order valence-corrected chi connectivity index (χ2v) is 6.61. The van der Waals surface area contributed by atoms with E-state index in [1.165, 1.54) is 0 Å². The first-order valence-corrected chi connectivity index (χ1v) is 10.3. The average Bonchev–Trinajstić information content (AvgIpc) is 2.79. The summed E-state index contributed by atoms with van der Waals surface area (Å²) in [5.41, 5.74) is 8.68. The van der Waals surface area contributed by atoms with Gasteiger partial charge in [-0.15, -0.1) is 0 Å². The smallest absolute Gasteiger partial charge is 0.193 e. The van der Waals surface area contributed by atoms with E-state index in [1.54, 1.807) is 6.20 Å². The first-order chi connectivity index (χ1) is 15.2. The van der Waals surface area contributed by atoms with Crippen LogP contribution in [-0.4, -0.2) is 24.2 Å². The SMILES string of the molecule is CCOc1ccc(OCC)c(NC(N)=NCc2cccc(OCc3ccccn3)c2)c1. The quantitative estimate of drug-likeness (QED) is 0.373. The Bertz CT molecular complexity index is 993. The molecule has 2 aromatic carbocycles. The lowest BCUT2D eigenvalue weighted by atomic mass is 10.2. The molecule has 0 aliphatic carbocycles. The molecule has 0 saturated heterocycles. The van der Waals surface area contributed by atoms with Crippen molar-refractivity contribution in [1.29, 1.82) is 0 Å². The Morgan fingerprint density at radius 3 is 2.55 bits per heavy atom. The molecule has 0 spiro atoms. The van der Waals surface area contributed by atoms with Gasteiger partial charge in [-0.3, -0.25) is 4.98 Å². The first kappa shape index (κ1) is 22.0. The van der Waals surface area contributed by atoms with E-state index in [4.69, 9.17) is 19.9 Å². The van der Waals surface area contributed by atoms with Gasteiger partial charge in [0.05, 0.1) is 31.1 Å². The van der Waals surface area contributed by atoms with Gasteiger partial charge in [0.2, 0.25) is 0 Å². The lowest BCUT2D eigenvalue weighted by molar-refractivity contribution is 0.301. The molecule has 0 amide bonds. The number of ether oxygens (including phenoxy) is 3. The van der Waals surface area contributed by atoms with Gasteiger partial charge in [-0.05, 0) is 55.8 Å². The normalized spacial score (nSPS) is 11.1. The number of nitrogens with one attached hydrogen (secondary N) is 1. The maximum absolute atomic E-state index is 6.12. The summed E-state index contributed by atoms with van der Waals surface area (Å²) in [5.74, 6) is 2.47. The minimum absolute atomic E-state index is 0.286. The van der Waals surface area contributed by atoms with Gasteiger partial charge in [0.15, 0.2) is 5.96 Å². The number of benzene rings is 2. The molecule has 0 unspecified atom stereocenters. The Balaban J connectivity index is 1.63. The average molecular weight is 421 g/mol. The standard InChI is InChI=1S/C24H28N4O3/c1-3-29-21-11-12-23(30-4-2)22(15-21)28-24(25)27-16-18-8-7-10-20(14-18)31-17-19-9-5-6-13-26-19/h5-15H,3-4,16-17H2,1-2H3,(H3,25,27,28). The fourth-order valence-corrected chi connectivity index (χ4v) is 2.87. The van der Waals surface area contributed by atoms with Crippen LogP contribution in [0.4, 0.5) is 5.69 Å². The third kappa shape index (κ3) is 6.92. The van der Waals surface area contributed by atoms with Crippen molar-refractivity contribution < 1.29 is 14.2 Å². The molecule has 162 valence electrons. The van der Waals surface area contributed by atoms with Crippen LogP contribution in [0.2, 0.25) is 0 Å². The van der Waals surface area contributed by atoms with Crippen molar-refractivity contribution in [2.75, 3.05) is 18.5 Å². The van der Waals surface area contributed by atoms with E-state index in [9.17, 15) is 0 Å². The minimum Gasteiger partial charge on any atom is -0.494 e. The summed E-state index contributed by atoms with van der Waals surface area (Å²) in [4.78, 5) is 8.71. The summed E-state index contributed by atoms with van der Waals surface area (Å²) in [6, 6.07) is 19.1. The van der Waals surface area contributed by atoms with Crippen molar-refractivity contribution in [3.8, 4) is 17.2 Å². The van der Waals surface area contributed by atoms with Gasteiger partial charge in [0.1, 0.15) is 23.9 Å². The first-order valence-electron chi connectivity index (χ1n) is 10.3. The largest absolute Gasteiger partial charge is 0.494 e. The molecule has 3 aromatic rings. The summed E-state index contributed by atoms with van der Waals surface area (Å²) >= 11 is 0. The van der Waals surface area contributed by atoms with Crippen LogP contribution in [0.3, 0.4) is 0 Å².